The van der Waals surface area contributed by atoms with E-state index in [0.717, 1.165) is 24.4 Å². The maximum absolute atomic E-state index is 5.50. The average molecular weight is 356 g/mol. The van der Waals surface area contributed by atoms with Crippen molar-refractivity contribution in [2.24, 2.45) is 0 Å². The number of anilines is 1. The predicted molar refractivity (Wildman–Crippen MR) is 96.4 cm³/mol. The van der Waals surface area contributed by atoms with E-state index in [1.54, 1.807) is 11.3 Å². The molecule has 0 aliphatic carbocycles. The molecule has 1 unspecified atom stereocenters. The van der Waals surface area contributed by atoms with Crippen molar-refractivity contribution < 1.29 is 4.52 Å². The fourth-order valence-corrected chi connectivity index (χ4v) is 5.88. The van der Waals surface area contributed by atoms with Crippen LogP contribution in [0.15, 0.2) is 33.7 Å². The Bertz CT molecular complexity index is 892. The molecule has 2 aliphatic heterocycles. The van der Waals surface area contributed by atoms with Crippen LogP contribution in [0.2, 0.25) is 0 Å². The Morgan fingerprint density at radius 1 is 1.29 bits per heavy atom. The number of rotatable bonds is 2. The van der Waals surface area contributed by atoms with Crippen LogP contribution >= 0.6 is 23.1 Å². The molecule has 0 bridgehead atoms. The zero-order chi connectivity index (χ0) is 16.1. The Kier molecular flexibility index (Phi) is 3.39. The van der Waals surface area contributed by atoms with Crippen LogP contribution < -0.4 is 10.6 Å². The average Bonchev–Trinajstić information content (AvgIpc) is 3.29. The normalized spacial score (nSPS) is 19.0. The molecule has 2 aromatic heterocycles. The second-order valence-electron chi connectivity index (χ2n) is 5.96. The fourth-order valence-electron chi connectivity index (χ4n) is 3.30. The number of nitrogens with zero attached hydrogens (tertiary/aromatic N) is 2. The zero-order valence-corrected chi connectivity index (χ0v) is 14.8. The van der Waals surface area contributed by atoms with Crippen LogP contribution in [0.3, 0.4) is 0 Å². The number of fused-ring (bicyclic) bond motifs is 2. The number of thiophene rings is 1. The Labute approximate surface area is 147 Å². The van der Waals surface area contributed by atoms with E-state index in [9.17, 15) is 0 Å². The molecular weight excluding hydrogens is 340 g/mol. The van der Waals surface area contributed by atoms with Gasteiger partial charge in [0.2, 0.25) is 0 Å². The first-order chi connectivity index (χ1) is 11.8. The zero-order valence-electron chi connectivity index (χ0n) is 13.1. The molecule has 1 aromatic carbocycles. The van der Waals surface area contributed by atoms with Gasteiger partial charge in [0, 0.05) is 27.6 Å². The lowest BCUT2D eigenvalue weighted by Crippen LogP contribution is -2.23. The van der Waals surface area contributed by atoms with Crippen molar-refractivity contribution >= 4 is 28.8 Å². The highest BCUT2D eigenvalue weighted by Crippen LogP contribution is 2.52. The van der Waals surface area contributed by atoms with E-state index in [0.29, 0.717) is 11.7 Å². The molecule has 122 valence electrons. The molecule has 2 N–H and O–H groups in total. The third-order valence-electron chi connectivity index (χ3n) is 4.37. The van der Waals surface area contributed by atoms with Crippen LogP contribution in [-0.2, 0) is 13.0 Å². The number of nitrogens with one attached hydrogen (secondary N) is 2. The van der Waals surface area contributed by atoms with Crippen molar-refractivity contribution in [2.45, 2.75) is 30.2 Å². The Balaban J connectivity index is 1.63. The van der Waals surface area contributed by atoms with Crippen LogP contribution in [0.25, 0.3) is 10.8 Å². The largest absolute Gasteiger partial charge is 0.368 e. The molecule has 0 spiro atoms. The lowest BCUT2D eigenvalue weighted by atomic mass is 10.0. The summed E-state index contributed by atoms with van der Waals surface area (Å²) in [5, 5.41) is 11.3. The lowest BCUT2D eigenvalue weighted by molar-refractivity contribution is 0.426. The van der Waals surface area contributed by atoms with Crippen LogP contribution in [0.4, 0.5) is 5.69 Å². The first kappa shape index (κ1) is 14.5. The van der Waals surface area contributed by atoms with Crippen molar-refractivity contribution in [3.8, 4) is 10.8 Å². The van der Waals surface area contributed by atoms with E-state index in [4.69, 9.17) is 4.52 Å². The lowest BCUT2D eigenvalue weighted by Gasteiger charge is -2.18. The molecule has 0 amide bonds. The minimum absolute atomic E-state index is 0.197. The summed E-state index contributed by atoms with van der Waals surface area (Å²) in [7, 11) is 0. The maximum Gasteiger partial charge on any atom is 0.268 e. The van der Waals surface area contributed by atoms with Gasteiger partial charge in [-0.05, 0) is 37.6 Å². The predicted octanol–water partition coefficient (Wildman–Crippen LogP) is 3.97. The first-order valence-corrected chi connectivity index (χ1v) is 9.67. The number of hydrogen-bond donors (Lipinski definition) is 2. The van der Waals surface area contributed by atoms with Gasteiger partial charge in [0.05, 0.1) is 4.88 Å². The molecule has 5 rings (SSSR count). The number of benzene rings is 1. The van der Waals surface area contributed by atoms with Gasteiger partial charge in [-0.1, -0.05) is 29.1 Å². The highest BCUT2D eigenvalue weighted by Gasteiger charge is 2.33. The summed E-state index contributed by atoms with van der Waals surface area (Å²) in [6, 6.07) is 8.47. The highest BCUT2D eigenvalue weighted by atomic mass is 32.2. The second kappa shape index (κ2) is 5.61. The molecule has 5 nitrogen and oxygen atoms in total. The fraction of sp³-hybridized carbons (Fsp3) is 0.294. The molecule has 0 saturated heterocycles. The summed E-state index contributed by atoms with van der Waals surface area (Å²) >= 11 is 3.65. The summed E-state index contributed by atoms with van der Waals surface area (Å²) in [6.07, 6.45) is 1.05. The van der Waals surface area contributed by atoms with Crippen molar-refractivity contribution in [1.82, 2.24) is 15.5 Å². The van der Waals surface area contributed by atoms with Crippen LogP contribution in [0, 0.1) is 6.92 Å². The molecular formula is C17H16N4OS2. The van der Waals surface area contributed by atoms with Gasteiger partial charge in [-0.25, -0.2) is 0 Å². The molecule has 4 heterocycles. The second-order valence-corrected chi connectivity index (χ2v) is 8.21. The highest BCUT2D eigenvalue weighted by molar-refractivity contribution is 8.00. The molecule has 1 atom stereocenters. The smallest absolute Gasteiger partial charge is 0.268 e. The van der Waals surface area contributed by atoms with Gasteiger partial charge in [0.1, 0.15) is 5.37 Å². The van der Waals surface area contributed by atoms with E-state index in [2.05, 4.69) is 45.0 Å². The van der Waals surface area contributed by atoms with Gasteiger partial charge in [-0.15, -0.1) is 11.3 Å². The van der Waals surface area contributed by atoms with Crippen LogP contribution in [0.5, 0.6) is 0 Å². The van der Waals surface area contributed by atoms with Crippen molar-refractivity contribution in [3.05, 3.63) is 46.1 Å². The van der Waals surface area contributed by atoms with Crippen LogP contribution in [-0.4, -0.2) is 16.7 Å². The summed E-state index contributed by atoms with van der Waals surface area (Å²) in [4.78, 5) is 8.28. The number of para-hydroxylation sites is 1. The summed E-state index contributed by atoms with van der Waals surface area (Å²) in [5.41, 5.74) is 3.97. The van der Waals surface area contributed by atoms with Gasteiger partial charge in [-0.2, -0.15) is 4.98 Å². The first-order valence-electron chi connectivity index (χ1n) is 7.97. The Hall–Kier alpha value is -1.83. The molecule has 7 heteroatoms. The molecule has 0 fully saturated rings. The third kappa shape index (κ3) is 2.27. The van der Waals surface area contributed by atoms with E-state index in [1.165, 1.54) is 26.6 Å². The molecule has 3 aromatic rings. The van der Waals surface area contributed by atoms with E-state index < -0.39 is 0 Å². The van der Waals surface area contributed by atoms with Gasteiger partial charge >= 0.3 is 0 Å². The summed E-state index contributed by atoms with van der Waals surface area (Å²) in [5.74, 6) is 1.32. The Morgan fingerprint density at radius 3 is 3.04 bits per heavy atom. The Morgan fingerprint density at radius 2 is 2.21 bits per heavy atom. The van der Waals surface area contributed by atoms with E-state index in [-0.39, 0.29) is 5.37 Å². The standard InChI is InChI=1S/C17H16N4OS2/c1-9-19-16(22-21-9)15-14(10-6-7-18-8-13(10)23-15)17-20-11-4-2-3-5-12(11)24-17/h2-5,17-18,20H,6-8H2,1H3. The SMILES string of the molecule is Cc1noc(-c2sc3c(c2C2Nc4ccccc4S2)CCNC3)n1. The van der Waals surface area contributed by atoms with Gasteiger partial charge in [0.15, 0.2) is 5.82 Å². The third-order valence-corrected chi connectivity index (χ3v) is 6.81. The van der Waals surface area contributed by atoms with Gasteiger partial charge < -0.3 is 15.2 Å². The number of thioether (sulfide) groups is 1. The van der Waals surface area contributed by atoms with Crippen molar-refractivity contribution in [1.29, 1.82) is 0 Å². The van der Waals surface area contributed by atoms with Crippen molar-refractivity contribution in [3.63, 3.8) is 0 Å². The minimum Gasteiger partial charge on any atom is -0.368 e. The van der Waals surface area contributed by atoms with E-state index in [1.807, 2.05) is 18.7 Å². The molecule has 24 heavy (non-hydrogen) atoms. The monoisotopic (exact) mass is 356 g/mol. The number of aromatic nitrogens is 2. The summed E-state index contributed by atoms with van der Waals surface area (Å²) in [6.45, 7) is 3.80. The number of aryl methyl sites for hydroxylation is 1. The van der Waals surface area contributed by atoms with E-state index >= 15 is 0 Å². The minimum atomic E-state index is 0.197. The topological polar surface area (TPSA) is 63.0 Å². The quantitative estimate of drug-likeness (QED) is 0.724. The van der Waals surface area contributed by atoms with Gasteiger partial charge in [-0.3, -0.25) is 0 Å². The molecule has 0 radical (unpaired) electrons. The van der Waals surface area contributed by atoms with Crippen LogP contribution in [0.1, 0.15) is 27.2 Å². The molecule has 2 aliphatic rings. The molecule has 0 saturated carbocycles. The van der Waals surface area contributed by atoms with Gasteiger partial charge in [0.25, 0.3) is 5.89 Å². The van der Waals surface area contributed by atoms with Crippen molar-refractivity contribution in [2.75, 3.05) is 11.9 Å². The maximum atomic E-state index is 5.50. The number of hydrogen-bond acceptors (Lipinski definition) is 7. The summed E-state index contributed by atoms with van der Waals surface area (Å²) < 4.78 is 5.50.